The number of aliphatic hydroxyl groups is 1. The van der Waals surface area contributed by atoms with Gasteiger partial charge < -0.3 is 15.3 Å². The van der Waals surface area contributed by atoms with Crippen LogP contribution in [0.4, 0.5) is 0 Å². The number of unbranched alkanes of at least 4 members (excludes halogenated alkanes) is 2. The predicted octanol–water partition coefficient (Wildman–Crippen LogP) is 2.39. The van der Waals surface area contributed by atoms with Crippen molar-refractivity contribution in [2.45, 2.75) is 44.2 Å². The second-order valence-corrected chi connectivity index (χ2v) is 7.07. The number of nitrogens with zero attached hydrogens (tertiary/aromatic N) is 2. The molecular weight excluding hydrogens is 364 g/mol. The summed E-state index contributed by atoms with van der Waals surface area (Å²) in [6.45, 7) is 1.27. The molecule has 1 amide bonds. The van der Waals surface area contributed by atoms with Gasteiger partial charge in [0.05, 0.1) is 17.8 Å². The number of carbonyl (C=O) groups is 1. The van der Waals surface area contributed by atoms with E-state index < -0.39 is 6.10 Å². The fourth-order valence-electron chi connectivity index (χ4n) is 3.37. The minimum absolute atomic E-state index is 0. The molecule has 3 rings (SSSR count). The number of halogens is 1. The first-order chi connectivity index (χ1) is 12.6. The highest BCUT2D eigenvalue weighted by atomic mass is 35.5. The third kappa shape index (κ3) is 6.06. The lowest BCUT2D eigenvalue weighted by molar-refractivity contribution is -0.132. The molecule has 27 heavy (non-hydrogen) atoms. The van der Waals surface area contributed by atoms with Gasteiger partial charge in [-0.25, -0.2) is 0 Å². The van der Waals surface area contributed by atoms with E-state index in [1.165, 1.54) is 0 Å². The van der Waals surface area contributed by atoms with Crippen LogP contribution in [0.3, 0.4) is 0 Å². The number of rotatable bonds is 8. The molecule has 1 aliphatic heterocycles. The maximum atomic E-state index is 12.3. The van der Waals surface area contributed by atoms with Gasteiger partial charge in [-0.15, -0.1) is 12.4 Å². The van der Waals surface area contributed by atoms with Crippen molar-refractivity contribution in [3.63, 3.8) is 0 Å². The van der Waals surface area contributed by atoms with Crippen molar-refractivity contribution in [2.24, 2.45) is 0 Å². The zero-order valence-corrected chi connectivity index (χ0v) is 16.5. The van der Waals surface area contributed by atoms with Crippen LogP contribution < -0.4 is 5.32 Å². The van der Waals surface area contributed by atoms with E-state index in [0.717, 1.165) is 49.2 Å². The largest absolute Gasteiger partial charge is 0.392 e. The van der Waals surface area contributed by atoms with Crippen LogP contribution in [0.2, 0.25) is 0 Å². The Morgan fingerprint density at radius 3 is 2.74 bits per heavy atom. The second kappa shape index (κ2) is 10.4. The molecule has 0 spiro atoms. The zero-order chi connectivity index (χ0) is 18.4. The molecule has 2 aromatic rings. The Morgan fingerprint density at radius 1 is 1.26 bits per heavy atom. The Kier molecular flexibility index (Phi) is 8.28. The molecule has 3 N–H and O–H groups in total. The van der Waals surface area contributed by atoms with Gasteiger partial charge in [-0.2, -0.15) is 5.10 Å². The molecule has 0 radical (unpaired) electrons. The van der Waals surface area contributed by atoms with Crippen LogP contribution in [0.25, 0.3) is 11.3 Å². The van der Waals surface area contributed by atoms with Crippen molar-refractivity contribution in [3.05, 3.63) is 42.1 Å². The molecule has 0 bridgehead atoms. The van der Waals surface area contributed by atoms with E-state index in [4.69, 9.17) is 0 Å². The number of likely N-dealkylation sites (N-methyl/N-ethyl adjacent to an activating group) is 1. The molecule has 2 heterocycles. The van der Waals surface area contributed by atoms with Crippen LogP contribution in [0.5, 0.6) is 0 Å². The number of nitrogens with one attached hydrogen (secondary N) is 2. The highest BCUT2D eigenvalue weighted by molar-refractivity contribution is 5.85. The minimum atomic E-state index is -0.396. The monoisotopic (exact) mass is 392 g/mol. The Balaban J connectivity index is 0.00000261. The van der Waals surface area contributed by atoms with Crippen LogP contribution in [0.1, 0.15) is 31.4 Å². The summed E-state index contributed by atoms with van der Waals surface area (Å²) in [7, 11) is 1.84. The zero-order valence-electron chi connectivity index (χ0n) is 15.7. The van der Waals surface area contributed by atoms with Gasteiger partial charge in [0.25, 0.3) is 0 Å². The average molecular weight is 393 g/mol. The smallest absolute Gasteiger partial charge is 0.239 e. The Labute approximate surface area is 166 Å². The fraction of sp³-hybridized carbons (Fsp3) is 0.500. The maximum Gasteiger partial charge on any atom is 0.239 e. The predicted molar refractivity (Wildman–Crippen MR) is 109 cm³/mol. The number of aromatic nitrogens is 2. The Hall–Kier alpha value is -1.89. The van der Waals surface area contributed by atoms with Gasteiger partial charge in [0.15, 0.2) is 0 Å². The van der Waals surface area contributed by atoms with E-state index in [1.807, 2.05) is 25.2 Å². The summed E-state index contributed by atoms with van der Waals surface area (Å²) < 4.78 is 0. The van der Waals surface area contributed by atoms with Gasteiger partial charge in [-0.05, 0) is 31.7 Å². The molecular formula is C20H29ClN4O2. The Bertz CT molecular complexity index is 707. The number of carbonyl (C=O) groups excluding carboxylic acids is 1. The lowest BCUT2D eigenvalue weighted by atomic mass is 10.1. The lowest BCUT2D eigenvalue weighted by Crippen LogP contribution is -2.41. The minimum Gasteiger partial charge on any atom is -0.392 e. The second-order valence-electron chi connectivity index (χ2n) is 7.07. The van der Waals surface area contributed by atoms with Gasteiger partial charge >= 0.3 is 0 Å². The highest BCUT2D eigenvalue weighted by Crippen LogP contribution is 2.18. The number of aromatic amines is 1. The van der Waals surface area contributed by atoms with Crippen molar-refractivity contribution < 1.29 is 9.90 Å². The molecule has 7 heteroatoms. The molecule has 6 nitrogen and oxygen atoms in total. The van der Waals surface area contributed by atoms with Crippen LogP contribution in [0, 0.1) is 0 Å². The number of hydrogen-bond donors (Lipinski definition) is 3. The molecule has 1 saturated heterocycles. The van der Waals surface area contributed by atoms with E-state index >= 15 is 0 Å². The van der Waals surface area contributed by atoms with Gasteiger partial charge in [0.2, 0.25) is 5.91 Å². The molecule has 148 valence electrons. The van der Waals surface area contributed by atoms with Crippen LogP contribution >= 0.6 is 12.4 Å². The van der Waals surface area contributed by atoms with E-state index in [9.17, 15) is 9.90 Å². The number of hydrogen-bond acceptors (Lipinski definition) is 4. The van der Waals surface area contributed by atoms with E-state index in [0.29, 0.717) is 13.0 Å². The first-order valence-corrected chi connectivity index (χ1v) is 9.39. The van der Waals surface area contributed by atoms with Crippen molar-refractivity contribution in [2.75, 3.05) is 20.1 Å². The van der Waals surface area contributed by atoms with Gasteiger partial charge in [-0.3, -0.25) is 9.89 Å². The summed E-state index contributed by atoms with van der Waals surface area (Å²) >= 11 is 0. The molecule has 1 aliphatic rings. The molecule has 0 saturated carbocycles. The number of benzene rings is 1. The summed E-state index contributed by atoms with van der Waals surface area (Å²) in [6, 6.07) is 12.0. The SMILES string of the molecule is CN(CCCCCc1cc(-c2ccccc2)n[nH]1)C(=O)C1CC(O)CN1.Cl. The van der Waals surface area contributed by atoms with Gasteiger partial charge in [0, 0.05) is 31.4 Å². The van der Waals surface area contributed by atoms with E-state index in [2.05, 4.69) is 33.7 Å². The van der Waals surface area contributed by atoms with Crippen molar-refractivity contribution in [3.8, 4) is 11.3 Å². The molecule has 1 aromatic heterocycles. The number of aryl methyl sites for hydroxylation is 1. The summed E-state index contributed by atoms with van der Waals surface area (Å²) in [4.78, 5) is 14.0. The van der Waals surface area contributed by atoms with Crippen LogP contribution in [-0.4, -0.2) is 58.4 Å². The first-order valence-electron chi connectivity index (χ1n) is 9.39. The highest BCUT2D eigenvalue weighted by Gasteiger charge is 2.29. The van der Waals surface area contributed by atoms with Crippen molar-refractivity contribution in [1.29, 1.82) is 0 Å². The van der Waals surface area contributed by atoms with Gasteiger partial charge in [0.1, 0.15) is 0 Å². The summed E-state index contributed by atoms with van der Waals surface area (Å²) in [5.41, 5.74) is 3.26. The quantitative estimate of drug-likeness (QED) is 0.602. The number of β-amino-alcohol motifs (C(OH)–C–C–N with tert-alkyl or cyclic N) is 1. The third-order valence-electron chi connectivity index (χ3n) is 4.92. The van der Waals surface area contributed by atoms with E-state index in [1.54, 1.807) is 4.90 Å². The molecule has 0 aliphatic carbocycles. The van der Waals surface area contributed by atoms with E-state index in [-0.39, 0.29) is 24.4 Å². The van der Waals surface area contributed by atoms with Crippen LogP contribution in [-0.2, 0) is 11.2 Å². The molecule has 1 fully saturated rings. The van der Waals surface area contributed by atoms with Crippen molar-refractivity contribution in [1.82, 2.24) is 20.4 Å². The summed E-state index contributed by atoms with van der Waals surface area (Å²) in [6.07, 6.45) is 4.21. The third-order valence-corrected chi connectivity index (χ3v) is 4.92. The first kappa shape index (κ1) is 21.4. The standard InChI is InChI=1S/C20H28N4O2.ClH/c1-24(20(26)19-13-17(25)14-21-19)11-7-3-6-10-16-12-18(23-22-16)15-8-4-2-5-9-15;/h2,4-5,8-9,12,17,19,21,25H,3,6-7,10-11,13-14H2,1H3,(H,22,23);1H. The topological polar surface area (TPSA) is 81.2 Å². The number of H-pyrrole nitrogens is 1. The average Bonchev–Trinajstić information content (AvgIpc) is 3.30. The number of aliphatic hydroxyl groups excluding tert-OH is 1. The molecule has 1 aromatic carbocycles. The maximum absolute atomic E-state index is 12.3. The summed E-state index contributed by atoms with van der Waals surface area (Å²) in [5.74, 6) is 0.0858. The lowest BCUT2D eigenvalue weighted by Gasteiger charge is -2.21. The Morgan fingerprint density at radius 2 is 2.04 bits per heavy atom. The molecule has 2 unspecified atom stereocenters. The van der Waals surface area contributed by atoms with Crippen LogP contribution in [0.15, 0.2) is 36.4 Å². The summed E-state index contributed by atoms with van der Waals surface area (Å²) in [5, 5.41) is 20.1. The van der Waals surface area contributed by atoms with Gasteiger partial charge in [-0.1, -0.05) is 36.8 Å². The fourth-order valence-corrected chi connectivity index (χ4v) is 3.37. The normalized spacial score (nSPS) is 18.9. The molecule has 2 atom stereocenters. The number of amides is 1. The van der Waals surface area contributed by atoms with Crippen molar-refractivity contribution >= 4 is 18.3 Å².